The van der Waals surface area contributed by atoms with Gasteiger partial charge in [0.2, 0.25) is 0 Å². The number of hydrogen-bond donors (Lipinski definition) is 0. The van der Waals surface area contributed by atoms with E-state index in [-0.39, 0.29) is 5.92 Å². The van der Waals surface area contributed by atoms with Crippen LogP contribution in [0.4, 0.5) is 0 Å². The lowest BCUT2D eigenvalue weighted by Crippen LogP contribution is -2.06. The molecule has 0 aliphatic heterocycles. The highest BCUT2D eigenvalue weighted by Gasteiger charge is 2.17. The van der Waals surface area contributed by atoms with Crippen LogP contribution in [0.1, 0.15) is 22.6 Å². The zero-order valence-electron chi connectivity index (χ0n) is 11.4. The Bertz CT molecular complexity index is 662. The first-order valence-corrected chi connectivity index (χ1v) is 7.11. The average molecular weight is 296 g/mol. The Kier molecular flexibility index (Phi) is 4.22. The minimum Gasteiger partial charge on any atom is -0.264 e. The third-order valence-corrected chi connectivity index (χ3v) is 3.77. The van der Waals surface area contributed by atoms with E-state index in [0.717, 1.165) is 23.1 Å². The van der Waals surface area contributed by atoms with Gasteiger partial charge in [0.15, 0.2) is 0 Å². The van der Waals surface area contributed by atoms with Crippen LogP contribution in [0.5, 0.6) is 0 Å². The van der Waals surface area contributed by atoms with Gasteiger partial charge in [-0.3, -0.25) is 9.97 Å². The molecule has 104 valence electrons. The third-order valence-electron chi connectivity index (χ3n) is 3.43. The summed E-state index contributed by atoms with van der Waals surface area (Å²) in [6.45, 7) is 0. The fourth-order valence-electron chi connectivity index (χ4n) is 2.38. The van der Waals surface area contributed by atoms with Crippen LogP contribution in [0.25, 0.3) is 0 Å². The Hall–Kier alpha value is -2.26. The van der Waals surface area contributed by atoms with Crippen molar-refractivity contribution >= 4 is 11.6 Å². The Morgan fingerprint density at radius 3 is 2.00 bits per heavy atom. The summed E-state index contributed by atoms with van der Waals surface area (Å²) >= 11 is 6.20. The van der Waals surface area contributed by atoms with Gasteiger partial charge in [0.05, 0.1) is 0 Å². The maximum atomic E-state index is 6.20. The number of halogens is 1. The molecular weight excluding hydrogens is 282 g/mol. The van der Waals surface area contributed by atoms with Crippen LogP contribution in [0.15, 0.2) is 67.4 Å². The molecule has 3 aromatic heterocycles. The molecule has 21 heavy (non-hydrogen) atoms. The zero-order chi connectivity index (χ0) is 14.5. The van der Waals surface area contributed by atoms with Gasteiger partial charge in [-0.15, -0.1) is 0 Å². The van der Waals surface area contributed by atoms with E-state index < -0.39 is 0 Å². The van der Waals surface area contributed by atoms with Gasteiger partial charge in [-0.1, -0.05) is 29.8 Å². The zero-order valence-corrected chi connectivity index (χ0v) is 12.1. The summed E-state index contributed by atoms with van der Waals surface area (Å²) in [6.07, 6.45) is 9.81. The minimum absolute atomic E-state index is 0.161. The van der Waals surface area contributed by atoms with E-state index in [1.165, 1.54) is 0 Å². The highest BCUT2D eigenvalue weighted by atomic mass is 35.5. The van der Waals surface area contributed by atoms with Crippen molar-refractivity contribution in [3.63, 3.8) is 0 Å². The van der Waals surface area contributed by atoms with E-state index in [0.29, 0.717) is 5.15 Å². The molecule has 3 aromatic rings. The molecule has 0 fully saturated rings. The fraction of sp³-hybridized carbons (Fsp3) is 0.118. The summed E-state index contributed by atoms with van der Waals surface area (Å²) in [5, 5.41) is 0.551. The number of pyridine rings is 3. The Labute approximate surface area is 128 Å². The quantitative estimate of drug-likeness (QED) is 0.685. The second-order valence-electron chi connectivity index (χ2n) is 4.78. The lowest BCUT2D eigenvalue weighted by atomic mass is 9.88. The highest BCUT2D eigenvalue weighted by Crippen LogP contribution is 2.29. The first-order chi connectivity index (χ1) is 10.3. The Morgan fingerprint density at radius 1 is 0.857 bits per heavy atom. The van der Waals surface area contributed by atoms with Gasteiger partial charge in [0, 0.05) is 36.9 Å². The number of aromatic nitrogens is 3. The predicted octanol–water partition coefficient (Wildman–Crippen LogP) is 3.90. The van der Waals surface area contributed by atoms with Crippen LogP contribution in [-0.2, 0) is 6.42 Å². The predicted molar refractivity (Wildman–Crippen MR) is 83.3 cm³/mol. The monoisotopic (exact) mass is 295 g/mol. The molecular formula is C17H14ClN3. The van der Waals surface area contributed by atoms with Gasteiger partial charge in [0.1, 0.15) is 5.15 Å². The third kappa shape index (κ3) is 3.26. The molecule has 0 aliphatic carbocycles. The summed E-state index contributed by atoms with van der Waals surface area (Å²) in [5.74, 6) is 0.161. The molecule has 0 spiro atoms. The number of rotatable bonds is 4. The number of hydrogen-bond acceptors (Lipinski definition) is 3. The normalized spacial score (nSPS) is 10.8. The molecule has 0 atom stereocenters. The highest BCUT2D eigenvalue weighted by molar-refractivity contribution is 6.30. The minimum atomic E-state index is 0.161. The van der Waals surface area contributed by atoms with E-state index >= 15 is 0 Å². The van der Waals surface area contributed by atoms with Crippen molar-refractivity contribution in [3.8, 4) is 0 Å². The van der Waals surface area contributed by atoms with Crippen molar-refractivity contribution in [2.45, 2.75) is 12.3 Å². The van der Waals surface area contributed by atoms with Crippen LogP contribution in [0.3, 0.4) is 0 Å². The molecule has 3 nitrogen and oxygen atoms in total. The van der Waals surface area contributed by atoms with Gasteiger partial charge in [-0.2, -0.15) is 0 Å². The van der Waals surface area contributed by atoms with Crippen LogP contribution < -0.4 is 0 Å². The maximum Gasteiger partial charge on any atom is 0.132 e. The van der Waals surface area contributed by atoms with Crippen molar-refractivity contribution in [2.75, 3.05) is 0 Å². The van der Waals surface area contributed by atoms with Crippen molar-refractivity contribution < 1.29 is 0 Å². The van der Waals surface area contributed by atoms with Gasteiger partial charge in [-0.25, -0.2) is 4.98 Å². The smallest absolute Gasteiger partial charge is 0.132 e. The molecule has 0 bridgehead atoms. The van der Waals surface area contributed by atoms with Crippen molar-refractivity contribution in [3.05, 3.63) is 89.2 Å². The molecule has 0 unspecified atom stereocenters. The average Bonchev–Trinajstić information content (AvgIpc) is 2.56. The lowest BCUT2D eigenvalue weighted by molar-refractivity contribution is 0.791. The van der Waals surface area contributed by atoms with Crippen molar-refractivity contribution in [1.29, 1.82) is 0 Å². The molecule has 0 radical (unpaired) electrons. The Balaban J connectivity index is 1.99. The first-order valence-electron chi connectivity index (χ1n) is 6.74. The van der Waals surface area contributed by atoms with Crippen LogP contribution in [0.2, 0.25) is 5.15 Å². The van der Waals surface area contributed by atoms with E-state index in [1.54, 1.807) is 18.6 Å². The van der Waals surface area contributed by atoms with E-state index in [2.05, 4.69) is 27.1 Å². The summed E-state index contributed by atoms with van der Waals surface area (Å²) in [6, 6.07) is 12.0. The van der Waals surface area contributed by atoms with Crippen LogP contribution in [0, 0.1) is 0 Å². The lowest BCUT2D eigenvalue weighted by Gasteiger charge is -2.17. The SMILES string of the molecule is Clc1ncccc1CC(c1cccnc1)c1cccnc1. The van der Waals surface area contributed by atoms with Gasteiger partial charge < -0.3 is 0 Å². The van der Waals surface area contributed by atoms with Crippen LogP contribution >= 0.6 is 11.6 Å². The van der Waals surface area contributed by atoms with E-state index in [1.807, 2.05) is 36.7 Å². The Morgan fingerprint density at radius 2 is 1.48 bits per heavy atom. The topological polar surface area (TPSA) is 38.7 Å². The molecule has 0 N–H and O–H groups in total. The van der Waals surface area contributed by atoms with Crippen molar-refractivity contribution in [1.82, 2.24) is 15.0 Å². The first kappa shape index (κ1) is 13.7. The number of nitrogens with zero attached hydrogens (tertiary/aromatic N) is 3. The van der Waals surface area contributed by atoms with Crippen molar-refractivity contribution in [2.24, 2.45) is 0 Å². The molecule has 0 saturated carbocycles. The summed E-state index contributed by atoms with van der Waals surface area (Å²) < 4.78 is 0. The van der Waals surface area contributed by atoms with Gasteiger partial charge in [-0.05, 0) is 41.3 Å². The summed E-state index contributed by atoms with van der Waals surface area (Å²) in [4.78, 5) is 12.6. The van der Waals surface area contributed by atoms with E-state index in [4.69, 9.17) is 11.6 Å². The fourth-order valence-corrected chi connectivity index (χ4v) is 2.58. The second-order valence-corrected chi connectivity index (χ2v) is 5.14. The molecule has 3 heterocycles. The standard InChI is InChI=1S/C17H14ClN3/c18-17-13(4-3-9-21-17)10-16(14-5-1-7-19-11-14)15-6-2-8-20-12-15/h1-9,11-12,16H,10H2. The summed E-state index contributed by atoms with van der Waals surface area (Å²) in [5.41, 5.74) is 3.31. The van der Waals surface area contributed by atoms with Crippen LogP contribution in [-0.4, -0.2) is 15.0 Å². The second kappa shape index (κ2) is 6.46. The van der Waals surface area contributed by atoms with Gasteiger partial charge in [0.25, 0.3) is 0 Å². The van der Waals surface area contributed by atoms with E-state index in [9.17, 15) is 0 Å². The summed E-state index contributed by atoms with van der Waals surface area (Å²) in [7, 11) is 0. The molecule has 4 heteroatoms. The molecule has 3 rings (SSSR count). The molecule has 0 saturated heterocycles. The molecule has 0 amide bonds. The maximum absolute atomic E-state index is 6.20. The molecule has 0 aliphatic rings. The largest absolute Gasteiger partial charge is 0.264 e. The van der Waals surface area contributed by atoms with Gasteiger partial charge >= 0.3 is 0 Å². The molecule has 0 aromatic carbocycles.